The van der Waals surface area contributed by atoms with E-state index in [0.29, 0.717) is 43.1 Å². The van der Waals surface area contributed by atoms with Gasteiger partial charge in [0.1, 0.15) is 5.56 Å². The Kier molecular flexibility index (Phi) is 5.90. The van der Waals surface area contributed by atoms with Crippen molar-refractivity contribution in [3.05, 3.63) is 28.7 Å². The van der Waals surface area contributed by atoms with Gasteiger partial charge in [-0.05, 0) is 39.7 Å². The summed E-state index contributed by atoms with van der Waals surface area (Å²) in [5.41, 5.74) is 3.73. The molecule has 0 aliphatic carbocycles. The van der Waals surface area contributed by atoms with E-state index >= 15 is 0 Å². The number of aromatic nitrogens is 3. The highest BCUT2D eigenvalue weighted by molar-refractivity contribution is 6.01. The summed E-state index contributed by atoms with van der Waals surface area (Å²) >= 11 is 0. The SMILES string of the molecule is Cc1cc(C)n2nc(C)c(C(=O)N3CCCC(N4CCNCC4=O)C3)c2n1.Cl. The van der Waals surface area contributed by atoms with E-state index in [1.165, 1.54) is 0 Å². The molecule has 2 aliphatic rings. The number of nitrogens with one attached hydrogen (secondary N) is 1. The van der Waals surface area contributed by atoms with E-state index in [1.54, 1.807) is 4.52 Å². The Hall–Kier alpha value is -2.19. The molecular weight excluding hydrogens is 380 g/mol. The predicted octanol–water partition coefficient (Wildman–Crippen LogP) is 1.11. The summed E-state index contributed by atoms with van der Waals surface area (Å²) in [5.74, 6) is 0.0907. The van der Waals surface area contributed by atoms with Gasteiger partial charge in [-0.1, -0.05) is 0 Å². The molecule has 28 heavy (non-hydrogen) atoms. The molecule has 2 aliphatic heterocycles. The summed E-state index contributed by atoms with van der Waals surface area (Å²) in [6, 6.07) is 2.05. The fourth-order valence-electron chi connectivity index (χ4n) is 4.24. The summed E-state index contributed by atoms with van der Waals surface area (Å²) in [5, 5.41) is 7.63. The van der Waals surface area contributed by atoms with Crippen molar-refractivity contribution in [3.8, 4) is 0 Å². The molecule has 8 nitrogen and oxygen atoms in total. The van der Waals surface area contributed by atoms with Crippen LogP contribution < -0.4 is 5.32 Å². The quantitative estimate of drug-likeness (QED) is 0.807. The first-order valence-corrected chi connectivity index (χ1v) is 9.58. The van der Waals surface area contributed by atoms with Gasteiger partial charge >= 0.3 is 0 Å². The number of carbonyl (C=O) groups is 2. The monoisotopic (exact) mass is 406 g/mol. The van der Waals surface area contributed by atoms with Crippen LogP contribution in [0.3, 0.4) is 0 Å². The molecule has 2 amide bonds. The Morgan fingerprint density at radius 1 is 1.25 bits per heavy atom. The van der Waals surface area contributed by atoms with Gasteiger partial charge in [-0.3, -0.25) is 9.59 Å². The molecule has 1 unspecified atom stereocenters. The predicted molar refractivity (Wildman–Crippen MR) is 108 cm³/mol. The van der Waals surface area contributed by atoms with Gasteiger partial charge in [0.15, 0.2) is 5.65 Å². The van der Waals surface area contributed by atoms with Gasteiger partial charge in [0.05, 0.1) is 12.2 Å². The first-order valence-electron chi connectivity index (χ1n) is 9.58. The number of nitrogens with zero attached hydrogens (tertiary/aromatic N) is 5. The molecular formula is C19H27ClN6O2. The lowest BCUT2D eigenvalue weighted by molar-refractivity contribution is -0.135. The van der Waals surface area contributed by atoms with Crippen LogP contribution in [0.2, 0.25) is 0 Å². The van der Waals surface area contributed by atoms with Crippen LogP contribution in [0.15, 0.2) is 6.07 Å². The average molecular weight is 407 g/mol. The van der Waals surface area contributed by atoms with E-state index in [9.17, 15) is 9.59 Å². The lowest BCUT2D eigenvalue weighted by atomic mass is 10.0. The third-order valence-corrected chi connectivity index (χ3v) is 5.53. The van der Waals surface area contributed by atoms with Gasteiger partial charge in [0, 0.05) is 43.6 Å². The van der Waals surface area contributed by atoms with Crippen molar-refractivity contribution in [2.45, 2.75) is 39.7 Å². The second kappa shape index (κ2) is 8.05. The van der Waals surface area contributed by atoms with Crippen LogP contribution in [0.25, 0.3) is 5.65 Å². The Balaban J connectivity index is 0.00000225. The van der Waals surface area contributed by atoms with Crippen LogP contribution in [0.4, 0.5) is 0 Å². The highest BCUT2D eigenvalue weighted by Gasteiger charge is 2.33. The minimum Gasteiger partial charge on any atom is -0.336 e. The summed E-state index contributed by atoms with van der Waals surface area (Å²) < 4.78 is 1.75. The van der Waals surface area contributed by atoms with Crippen molar-refractivity contribution in [2.75, 3.05) is 32.7 Å². The van der Waals surface area contributed by atoms with Gasteiger partial charge in [-0.2, -0.15) is 5.10 Å². The maximum Gasteiger partial charge on any atom is 0.259 e. The van der Waals surface area contributed by atoms with Gasteiger partial charge in [-0.15, -0.1) is 12.4 Å². The Morgan fingerprint density at radius 3 is 2.79 bits per heavy atom. The van der Waals surface area contributed by atoms with Gasteiger partial charge in [-0.25, -0.2) is 9.50 Å². The number of likely N-dealkylation sites (tertiary alicyclic amines) is 1. The van der Waals surface area contributed by atoms with Crippen molar-refractivity contribution in [1.29, 1.82) is 0 Å². The average Bonchev–Trinajstić information content (AvgIpc) is 2.98. The van der Waals surface area contributed by atoms with E-state index in [2.05, 4.69) is 15.4 Å². The van der Waals surface area contributed by atoms with E-state index in [1.807, 2.05) is 36.6 Å². The molecule has 1 atom stereocenters. The van der Waals surface area contributed by atoms with Gasteiger partial charge in [0.25, 0.3) is 5.91 Å². The first kappa shape index (κ1) is 20.5. The Bertz CT molecular complexity index is 911. The molecule has 2 fully saturated rings. The molecule has 1 N–H and O–H groups in total. The zero-order valence-electron chi connectivity index (χ0n) is 16.6. The summed E-state index contributed by atoms with van der Waals surface area (Å²) in [7, 11) is 0. The van der Waals surface area contributed by atoms with Gasteiger partial charge in [0.2, 0.25) is 5.91 Å². The van der Waals surface area contributed by atoms with Crippen LogP contribution in [-0.4, -0.2) is 75.0 Å². The number of piperidine rings is 1. The number of hydrogen-bond donors (Lipinski definition) is 1. The van der Waals surface area contributed by atoms with Gasteiger partial charge < -0.3 is 15.1 Å². The Labute approximate surface area is 170 Å². The molecule has 152 valence electrons. The molecule has 2 aromatic heterocycles. The van der Waals surface area contributed by atoms with Crippen LogP contribution in [0, 0.1) is 20.8 Å². The van der Waals surface area contributed by atoms with Crippen LogP contribution in [0.1, 0.15) is 40.3 Å². The van der Waals surface area contributed by atoms with E-state index in [0.717, 1.165) is 30.8 Å². The number of amides is 2. The van der Waals surface area contributed by atoms with Crippen molar-refractivity contribution in [2.24, 2.45) is 0 Å². The summed E-state index contributed by atoms with van der Waals surface area (Å²) in [6.07, 6.45) is 1.84. The topological polar surface area (TPSA) is 82.8 Å². The Morgan fingerprint density at radius 2 is 2.04 bits per heavy atom. The smallest absolute Gasteiger partial charge is 0.259 e. The number of halogens is 1. The minimum absolute atomic E-state index is 0. The number of aryl methyl sites for hydroxylation is 3. The molecule has 9 heteroatoms. The van der Waals surface area contributed by atoms with Crippen LogP contribution in [-0.2, 0) is 4.79 Å². The molecule has 0 bridgehead atoms. The van der Waals surface area contributed by atoms with E-state index < -0.39 is 0 Å². The first-order chi connectivity index (χ1) is 13.0. The molecule has 4 heterocycles. The molecule has 2 saturated heterocycles. The number of fused-ring (bicyclic) bond motifs is 1. The third-order valence-electron chi connectivity index (χ3n) is 5.53. The lowest BCUT2D eigenvalue weighted by Crippen LogP contribution is -2.57. The second-order valence-electron chi connectivity index (χ2n) is 7.55. The summed E-state index contributed by atoms with van der Waals surface area (Å²) in [4.78, 5) is 34.0. The van der Waals surface area contributed by atoms with Crippen LogP contribution >= 0.6 is 12.4 Å². The fraction of sp³-hybridized carbons (Fsp3) is 0.579. The maximum atomic E-state index is 13.3. The van der Waals surface area contributed by atoms with Crippen LogP contribution in [0.5, 0.6) is 0 Å². The second-order valence-corrected chi connectivity index (χ2v) is 7.55. The number of carbonyl (C=O) groups excluding carboxylic acids is 2. The third kappa shape index (κ3) is 3.58. The van der Waals surface area contributed by atoms with Crippen molar-refractivity contribution in [1.82, 2.24) is 29.7 Å². The lowest BCUT2D eigenvalue weighted by Gasteiger charge is -2.41. The van der Waals surface area contributed by atoms with Crippen molar-refractivity contribution >= 4 is 29.9 Å². The maximum absolute atomic E-state index is 13.3. The largest absolute Gasteiger partial charge is 0.336 e. The van der Waals surface area contributed by atoms with E-state index in [-0.39, 0.29) is 30.3 Å². The molecule has 0 spiro atoms. The van der Waals surface area contributed by atoms with E-state index in [4.69, 9.17) is 0 Å². The molecule has 4 rings (SSSR count). The number of rotatable bonds is 2. The molecule has 0 saturated carbocycles. The number of piperazine rings is 1. The molecule has 2 aromatic rings. The fourth-order valence-corrected chi connectivity index (χ4v) is 4.24. The number of hydrogen-bond acceptors (Lipinski definition) is 5. The normalized spacial score (nSPS) is 20.4. The molecule has 0 aromatic carbocycles. The highest BCUT2D eigenvalue weighted by atomic mass is 35.5. The standard InChI is InChI=1S/C19H26N6O2.ClH/c1-12-9-13(2)25-18(21-12)17(14(3)22-25)19(27)23-7-4-5-15(11-23)24-8-6-20-10-16(24)26;/h9,15,20H,4-8,10-11H2,1-3H3;1H. The van der Waals surface area contributed by atoms with Crippen molar-refractivity contribution in [3.63, 3.8) is 0 Å². The molecule has 0 radical (unpaired) electrons. The summed E-state index contributed by atoms with van der Waals surface area (Å²) in [6.45, 7) is 8.94. The zero-order chi connectivity index (χ0) is 19.1. The highest BCUT2D eigenvalue weighted by Crippen LogP contribution is 2.23. The minimum atomic E-state index is -0.0349. The van der Waals surface area contributed by atoms with Crippen molar-refractivity contribution < 1.29 is 9.59 Å². The zero-order valence-corrected chi connectivity index (χ0v) is 17.4.